The number of amides is 1. The minimum Gasteiger partial charge on any atom is -0.487 e. The monoisotopic (exact) mass is 504 g/mol. The molecule has 2 aromatic carbocycles. The van der Waals surface area contributed by atoms with E-state index in [1.165, 1.54) is 22.5 Å². The highest BCUT2D eigenvalue weighted by molar-refractivity contribution is 7.89. The van der Waals surface area contributed by atoms with Gasteiger partial charge in [0.1, 0.15) is 22.6 Å². The van der Waals surface area contributed by atoms with Gasteiger partial charge in [0.15, 0.2) is 0 Å². The normalized spacial score (nSPS) is 23.2. The summed E-state index contributed by atoms with van der Waals surface area (Å²) in [5, 5.41) is 9.79. The van der Waals surface area contributed by atoms with Gasteiger partial charge in [-0.1, -0.05) is 31.5 Å². The minimum atomic E-state index is -3.96. The number of aliphatic hydroxyl groups excluding tert-OH is 1. The molecule has 2 aliphatic rings. The molecule has 1 aliphatic heterocycles. The van der Waals surface area contributed by atoms with Crippen molar-refractivity contribution >= 4 is 15.9 Å². The Balaban J connectivity index is 1.74. The molecule has 1 amide bonds. The molecule has 0 spiro atoms. The first-order valence-corrected chi connectivity index (χ1v) is 13.5. The fourth-order valence-corrected chi connectivity index (χ4v) is 6.42. The average Bonchev–Trinajstić information content (AvgIpc) is 2.79. The van der Waals surface area contributed by atoms with E-state index in [1.807, 2.05) is 6.92 Å². The van der Waals surface area contributed by atoms with Crippen molar-refractivity contribution in [3.8, 4) is 16.9 Å². The zero-order valence-electron chi connectivity index (χ0n) is 20.4. The first kappa shape index (κ1) is 25.6. The Labute approximate surface area is 206 Å². The summed E-state index contributed by atoms with van der Waals surface area (Å²) in [6.07, 6.45) is 2.39. The zero-order valence-corrected chi connectivity index (χ0v) is 21.2. The lowest BCUT2D eigenvalue weighted by Crippen LogP contribution is -2.50. The largest absolute Gasteiger partial charge is 0.487 e. The van der Waals surface area contributed by atoms with E-state index < -0.39 is 22.2 Å². The van der Waals surface area contributed by atoms with Gasteiger partial charge in [-0.05, 0) is 55.2 Å². The van der Waals surface area contributed by atoms with Crippen LogP contribution in [0, 0.1) is 17.7 Å². The second kappa shape index (κ2) is 10.2. The van der Waals surface area contributed by atoms with Crippen LogP contribution in [0.2, 0.25) is 0 Å². The number of hydrogen-bond acceptors (Lipinski definition) is 5. The second-order valence-electron chi connectivity index (χ2n) is 9.75. The van der Waals surface area contributed by atoms with Crippen molar-refractivity contribution in [1.29, 1.82) is 0 Å². The van der Waals surface area contributed by atoms with Crippen LogP contribution < -0.4 is 4.74 Å². The molecule has 2 aromatic rings. The van der Waals surface area contributed by atoms with Gasteiger partial charge in [-0.25, -0.2) is 12.8 Å². The molecule has 0 bridgehead atoms. The molecule has 9 heteroatoms. The van der Waals surface area contributed by atoms with Gasteiger partial charge >= 0.3 is 0 Å². The van der Waals surface area contributed by atoms with Crippen molar-refractivity contribution in [2.75, 3.05) is 26.7 Å². The molecule has 35 heavy (non-hydrogen) atoms. The molecule has 1 aliphatic carbocycles. The quantitative estimate of drug-likeness (QED) is 0.651. The number of carbonyl (C=O) groups is 1. The molecule has 190 valence electrons. The molecule has 1 fully saturated rings. The number of halogens is 1. The van der Waals surface area contributed by atoms with Gasteiger partial charge in [0.25, 0.3) is 0 Å². The number of sulfonamides is 1. The summed E-state index contributed by atoms with van der Waals surface area (Å²) in [7, 11) is -2.20. The van der Waals surface area contributed by atoms with Gasteiger partial charge in [0.05, 0.1) is 13.2 Å². The molecule has 1 heterocycles. The van der Waals surface area contributed by atoms with Crippen molar-refractivity contribution in [3.05, 3.63) is 48.3 Å². The van der Waals surface area contributed by atoms with Crippen LogP contribution in [0.3, 0.4) is 0 Å². The molecule has 4 rings (SSSR count). The lowest BCUT2D eigenvalue weighted by molar-refractivity contribution is -0.138. The topological polar surface area (TPSA) is 87.2 Å². The first-order chi connectivity index (χ1) is 16.6. The Morgan fingerprint density at radius 3 is 2.46 bits per heavy atom. The number of likely N-dealkylation sites (N-methyl/N-ethyl adjacent to an activating group) is 1. The summed E-state index contributed by atoms with van der Waals surface area (Å²) in [5.74, 6) is -0.295. The van der Waals surface area contributed by atoms with Crippen LogP contribution in [0.15, 0.2) is 47.4 Å². The molecule has 3 atom stereocenters. The van der Waals surface area contributed by atoms with Gasteiger partial charge < -0.3 is 14.7 Å². The van der Waals surface area contributed by atoms with Gasteiger partial charge in [-0.15, -0.1) is 0 Å². The van der Waals surface area contributed by atoms with Crippen molar-refractivity contribution in [2.24, 2.45) is 11.8 Å². The molecule has 7 nitrogen and oxygen atoms in total. The number of benzene rings is 2. The number of fused-ring (bicyclic) bond motifs is 1. The first-order valence-electron chi connectivity index (χ1n) is 12.1. The van der Waals surface area contributed by atoms with Crippen molar-refractivity contribution < 1.29 is 27.4 Å². The molecule has 0 aromatic heterocycles. The highest BCUT2D eigenvalue weighted by Crippen LogP contribution is 2.37. The van der Waals surface area contributed by atoms with Gasteiger partial charge in [-0.3, -0.25) is 4.79 Å². The molecular weight excluding hydrogens is 471 g/mol. The van der Waals surface area contributed by atoms with E-state index >= 15 is 0 Å². The molecule has 1 N–H and O–H groups in total. The van der Waals surface area contributed by atoms with Crippen molar-refractivity contribution in [1.82, 2.24) is 9.21 Å². The Bertz CT molecular complexity index is 1170. The standard InChI is InChI=1S/C26H33FN2O5S/c1-17-14-29(18(2)16-30)35(32,33)25-12-9-21(19-7-10-22(27)11-8-19)13-23(25)34-24(17)15-28(3)26(31)20-5-4-6-20/h7-13,17-18,20,24,30H,4-6,14-16H2,1-3H3/t17-,18+,24-/m1/s1. The Morgan fingerprint density at radius 2 is 1.86 bits per heavy atom. The van der Waals surface area contributed by atoms with Crippen LogP contribution in [-0.4, -0.2) is 67.5 Å². The number of aliphatic hydroxyl groups is 1. The summed E-state index contributed by atoms with van der Waals surface area (Å²) >= 11 is 0. The third-order valence-corrected chi connectivity index (χ3v) is 9.15. The van der Waals surface area contributed by atoms with Crippen molar-refractivity contribution in [2.45, 2.75) is 50.2 Å². The maximum Gasteiger partial charge on any atom is 0.247 e. The van der Waals surface area contributed by atoms with E-state index in [2.05, 4.69) is 0 Å². The Kier molecular flexibility index (Phi) is 7.49. The van der Waals surface area contributed by atoms with Crippen LogP contribution >= 0.6 is 0 Å². The maximum atomic E-state index is 13.6. The molecule has 1 saturated carbocycles. The third-order valence-electron chi connectivity index (χ3n) is 7.13. The predicted molar refractivity (Wildman–Crippen MR) is 131 cm³/mol. The summed E-state index contributed by atoms with van der Waals surface area (Å²) in [6, 6.07) is 10.1. The summed E-state index contributed by atoms with van der Waals surface area (Å²) in [4.78, 5) is 14.5. The minimum absolute atomic E-state index is 0.00790. The Hall–Kier alpha value is -2.49. The zero-order chi connectivity index (χ0) is 25.3. The van der Waals surface area contributed by atoms with Crippen LogP contribution in [0.4, 0.5) is 4.39 Å². The van der Waals surface area contributed by atoms with Gasteiger partial charge in [0.2, 0.25) is 15.9 Å². The summed E-state index contributed by atoms with van der Waals surface area (Å²) < 4.78 is 48.3. The fraction of sp³-hybridized carbons (Fsp3) is 0.500. The fourth-order valence-electron chi connectivity index (χ4n) is 4.59. The Morgan fingerprint density at radius 1 is 1.20 bits per heavy atom. The van der Waals surface area contributed by atoms with Crippen molar-refractivity contribution in [3.63, 3.8) is 0 Å². The average molecular weight is 505 g/mol. The lowest BCUT2D eigenvalue weighted by Gasteiger charge is -2.38. The molecule has 0 saturated heterocycles. The number of nitrogens with zero attached hydrogens (tertiary/aromatic N) is 2. The van der Waals surface area contributed by atoms with Crippen LogP contribution in [0.1, 0.15) is 33.1 Å². The highest BCUT2D eigenvalue weighted by Gasteiger charge is 2.39. The van der Waals surface area contributed by atoms with E-state index in [9.17, 15) is 22.7 Å². The third kappa shape index (κ3) is 5.22. The smallest absolute Gasteiger partial charge is 0.247 e. The molecular formula is C26H33FN2O5S. The summed E-state index contributed by atoms with van der Waals surface area (Å²) in [6.45, 7) is 3.71. The van der Waals surface area contributed by atoms with Crippen LogP contribution in [0.5, 0.6) is 5.75 Å². The molecule has 0 radical (unpaired) electrons. The van der Waals surface area contributed by atoms with Crippen LogP contribution in [-0.2, 0) is 14.8 Å². The number of rotatable bonds is 6. The van der Waals surface area contributed by atoms with E-state index in [0.717, 1.165) is 24.8 Å². The van der Waals surface area contributed by atoms with E-state index in [-0.39, 0.29) is 47.4 Å². The number of ether oxygens (including phenoxy) is 1. The van der Waals surface area contributed by atoms with Crippen LogP contribution in [0.25, 0.3) is 11.1 Å². The predicted octanol–water partition coefficient (Wildman–Crippen LogP) is 3.52. The van der Waals surface area contributed by atoms with Gasteiger partial charge in [0, 0.05) is 31.5 Å². The number of carbonyl (C=O) groups excluding carboxylic acids is 1. The highest BCUT2D eigenvalue weighted by atomic mass is 32.2. The van der Waals surface area contributed by atoms with E-state index in [1.54, 1.807) is 43.1 Å². The van der Waals surface area contributed by atoms with Gasteiger partial charge in [-0.2, -0.15) is 4.31 Å². The molecule has 0 unspecified atom stereocenters. The maximum absolute atomic E-state index is 13.6. The number of hydrogen-bond donors (Lipinski definition) is 1. The second-order valence-corrected chi connectivity index (χ2v) is 11.6. The van der Waals surface area contributed by atoms with E-state index in [0.29, 0.717) is 12.1 Å². The lowest BCUT2D eigenvalue weighted by atomic mass is 9.84. The SMILES string of the molecule is C[C@@H]1CN([C@@H](C)CO)S(=O)(=O)c2ccc(-c3ccc(F)cc3)cc2O[C@@H]1CN(C)C(=O)C1CCC1. The summed E-state index contributed by atoms with van der Waals surface area (Å²) in [5.41, 5.74) is 1.41. The van der Waals surface area contributed by atoms with E-state index in [4.69, 9.17) is 4.74 Å².